The maximum Gasteiger partial charge on any atom is 0.290 e. The van der Waals surface area contributed by atoms with Crippen LogP contribution in [0.5, 0.6) is 0 Å². The number of aromatic amines is 1. The Balaban J connectivity index is 0.00000139. The topological polar surface area (TPSA) is 183 Å². The largest absolute Gasteiger partial charge is 0.606 e. The molecule has 1 radical (unpaired) electrons. The number of hydrogen-bond donors (Lipinski definition) is 6. The predicted molar refractivity (Wildman–Crippen MR) is 167 cm³/mol. The van der Waals surface area contributed by atoms with E-state index in [-0.39, 0.29) is 87.5 Å². The normalized spacial score (nSPS) is 13.9. The van der Waals surface area contributed by atoms with Crippen molar-refractivity contribution in [3.63, 3.8) is 0 Å². The number of carbonyl (C=O) groups excluding carboxylic acids is 3. The maximum atomic E-state index is 13.3. The average Bonchev–Trinajstić information content (AvgIpc) is 3.66. The number of halogens is 3. The summed E-state index contributed by atoms with van der Waals surface area (Å²) in [6.07, 6.45) is 0.714. The second-order valence-corrected chi connectivity index (χ2v) is 10.4. The van der Waals surface area contributed by atoms with Crippen LogP contribution in [0, 0.1) is 0 Å². The van der Waals surface area contributed by atoms with E-state index in [0.29, 0.717) is 11.3 Å². The molecule has 0 spiro atoms. The molecule has 13 nitrogen and oxygen atoms in total. The van der Waals surface area contributed by atoms with Crippen molar-refractivity contribution in [2.45, 2.75) is 6.17 Å². The molecule has 1 fully saturated rings. The number of alkyl halides is 1. The number of fused-ring (bicyclic) bond motifs is 1. The molecule has 2 heterocycles. The molecule has 3 aromatic carbocycles. The van der Waals surface area contributed by atoms with Gasteiger partial charge in [-0.2, -0.15) is 5.10 Å². The number of aromatic nitrogens is 2. The second-order valence-electron chi connectivity index (χ2n) is 9.57. The summed E-state index contributed by atoms with van der Waals surface area (Å²) in [5.41, 5.74) is 10.4. The van der Waals surface area contributed by atoms with Gasteiger partial charge in [-0.3, -0.25) is 29.7 Å². The van der Waals surface area contributed by atoms with Crippen LogP contribution in [-0.2, 0) is 42.3 Å². The predicted octanol–water partition coefficient (Wildman–Crippen LogP) is 3.59. The number of carbonyl (C=O) groups is 4. The molecular formula is C29H28Cl2FN8O5Y-. The van der Waals surface area contributed by atoms with Gasteiger partial charge in [0.1, 0.15) is 6.17 Å². The molecule has 46 heavy (non-hydrogen) atoms. The minimum absolute atomic E-state index is 0. The Labute approximate surface area is 297 Å². The van der Waals surface area contributed by atoms with Crippen LogP contribution in [-0.4, -0.2) is 83.5 Å². The molecule has 6 N–H and O–H groups in total. The first kappa shape index (κ1) is 36.8. The maximum absolute atomic E-state index is 13.3. The Morgan fingerprint density at radius 2 is 1.74 bits per heavy atom. The monoisotopic (exact) mass is 746 g/mol. The van der Waals surface area contributed by atoms with Gasteiger partial charge in [0.2, 0.25) is 5.91 Å². The third-order valence-electron chi connectivity index (χ3n) is 6.40. The summed E-state index contributed by atoms with van der Waals surface area (Å²) in [5, 5.41) is 24.4. The van der Waals surface area contributed by atoms with Crippen molar-refractivity contribution in [1.29, 1.82) is 0 Å². The molecule has 3 amide bonds. The molecule has 0 saturated carbocycles. The van der Waals surface area contributed by atoms with E-state index in [1.165, 1.54) is 11.2 Å². The summed E-state index contributed by atoms with van der Waals surface area (Å²) in [7, 11) is 0. The van der Waals surface area contributed by atoms with Crippen molar-refractivity contribution in [3.8, 4) is 11.1 Å². The third kappa shape index (κ3) is 10.2. The van der Waals surface area contributed by atoms with Gasteiger partial charge in [0.25, 0.3) is 18.3 Å². The molecule has 1 atom stereocenters. The smallest absolute Gasteiger partial charge is 0.290 e. The number of hydrogen-bond acceptors (Lipinski definition) is 7. The quantitative estimate of drug-likeness (QED) is 0.105. The number of hydrazine groups is 1. The molecule has 1 aliphatic heterocycles. The molecule has 239 valence electrons. The zero-order valence-corrected chi connectivity index (χ0v) is 28.4. The number of nitrogens with one attached hydrogen (secondary N) is 5. The number of amides is 3. The number of benzene rings is 3. The van der Waals surface area contributed by atoms with Crippen molar-refractivity contribution in [1.82, 2.24) is 36.7 Å². The van der Waals surface area contributed by atoms with Gasteiger partial charge in [0.05, 0.1) is 33.9 Å². The number of carboxylic acid groups (broad SMARTS) is 1. The van der Waals surface area contributed by atoms with E-state index in [1.54, 1.807) is 36.5 Å². The Kier molecular flexibility index (Phi) is 14.3. The summed E-state index contributed by atoms with van der Waals surface area (Å²) in [5.74, 6) is -1.39. The van der Waals surface area contributed by atoms with E-state index in [4.69, 9.17) is 33.1 Å². The van der Waals surface area contributed by atoms with Gasteiger partial charge in [-0.25, -0.2) is 4.39 Å². The van der Waals surface area contributed by atoms with E-state index >= 15 is 0 Å². The minimum atomic E-state index is -1.01. The van der Waals surface area contributed by atoms with Gasteiger partial charge in [0.15, 0.2) is 0 Å². The first-order valence-corrected chi connectivity index (χ1v) is 14.2. The third-order valence-corrected chi connectivity index (χ3v) is 6.99. The van der Waals surface area contributed by atoms with E-state index < -0.39 is 23.9 Å². The molecule has 1 saturated heterocycles. The van der Waals surface area contributed by atoms with Crippen LogP contribution < -0.4 is 21.4 Å². The van der Waals surface area contributed by atoms with Crippen molar-refractivity contribution in [2.75, 3.05) is 32.7 Å². The molecule has 0 bridgehead atoms. The summed E-state index contributed by atoms with van der Waals surface area (Å²) in [6.45, 7) is 0.00638. The van der Waals surface area contributed by atoms with Crippen molar-refractivity contribution < 1.29 is 61.4 Å². The van der Waals surface area contributed by atoms with Gasteiger partial charge >= 0.3 is 0 Å². The average molecular weight is 747 g/mol. The van der Waals surface area contributed by atoms with Crippen molar-refractivity contribution in [3.05, 3.63) is 87.4 Å². The van der Waals surface area contributed by atoms with Gasteiger partial charge in [0, 0.05) is 69.8 Å². The van der Waals surface area contributed by atoms with Crippen molar-refractivity contribution in [2.24, 2.45) is 0 Å². The zero-order valence-electron chi connectivity index (χ0n) is 24.1. The van der Waals surface area contributed by atoms with Crippen LogP contribution in [0.4, 0.5) is 10.1 Å². The standard InChI is InChI=1S/C28H26Cl2FN8O3.CH2O2.Y/c29-22-9-19(16-4-5-18-12-35-37-24(18)11-16)10-23(30)26(22)28(42)33-7-6-32-25(40)14-34-27(41)17-2-1-3-21(8-17)38-39-15-20(31)13-36-39;2-1-3;/h1-5,8-12,20,36H,6-7,13-15H2,(H,32,40)(H,34,41)(H2,33,35,37,42);1H,(H,2,3);/q-1;;. The first-order chi connectivity index (χ1) is 21.7. The molecule has 5 rings (SSSR count). The van der Waals surface area contributed by atoms with E-state index in [9.17, 15) is 18.8 Å². The molecule has 1 unspecified atom stereocenters. The van der Waals surface area contributed by atoms with Crippen LogP contribution in [0.3, 0.4) is 0 Å². The van der Waals surface area contributed by atoms with Crippen molar-refractivity contribution >= 4 is 64.0 Å². The van der Waals surface area contributed by atoms with Crippen LogP contribution in [0.15, 0.2) is 60.8 Å². The molecule has 4 aromatic rings. The minimum Gasteiger partial charge on any atom is -0.606 e. The van der Waals surface area contributed by atoms with Crippen LogP contribution in [0.1, 0.15) is 20.7 Å². The summed E-state index contributed by atoms with van der Waals surface area (Å²) < 4.78 is 13.3. The fourth-order valence-electron chi connectivity index (χ4n) is 4.31. The number of rotatable bonds is 10. The summed E-state index contributed by atoms with van der Waals surface area (Å²) in [6, 6.07) is 15.5. The summed E-state index contributed by atoms with van der Waals surface area (Å²) >= 11 is 12.8. The van der Waals surface area contributed by atoms with Gasteiger partial charge in [-0.05, 0) is 35.4 Å². The zero-order chi connectivity index (χ0) is 32.3. The Bertz CT molecular complexity index is 1670. The molecule has 17 heteroatoms. The van der Waals surface area contributed by atoms with E-state index in [2.05, 4.69) is 37.0 Å². The number of H-pyrrole nitrogens is 1. The molecular weight excluding hydrogens is 719 g/mol. The van der Waals surface area contributed by atoms with Crippen LogP contribution in [0.25, 0.3) is 27.5 Å². The Morgan fingerprint density at radius 1 is 1.02 bits per heavy atom. The Hall–Kier alpha value is -3.66. The molecule has 1 aromatic heterocycles. The summed E-state index contributed by atoms with van der Waals surface area (Å²) in [4.78, 5) is 45.8. The van der Waals surface area contributed by atoms with E-state index in [1.807, 2.05) is 18.2 Å². The van der Waals surface area contributed by atoms with Gasteiger partial charge < -0.3 is 31.6 Å². The fraction of sp³-hybridized carbons (Fsp3) is 0.207. The fourth-order valence-corrected chi connectivity index (χ4v) is 4.97. The van der Waals surface area contributed by atoms with Gasteiger partial charge in [-0.15, -0.1) is 5.69 Å². The SMILES string of the molecule is O=C(CNC(=O)c1cccc([N-]N2CC(F)CN2)c1)NCCNC(=O)c1c(Cl)cc(-c2ccc3cn[nH]c3c2)cc1Cl.O=CO.[Y]. The Morgan fingerprint density at radius 3 is 2.43 bits per heavy atom. The molecule has 1 aliphatic rings. The number of nitrogens with zero attached hydrogens (tertiary/aromatic N) is 3. The van der Waals surface area contributed by atoms with Crippen LogP contribution >= 0.6 is 23.2 Å². The second kappa shape index (κ2) is 17.9. The van der Waals surface area contributed by atoms with Gasteiger partial charge in [-0.1, -0.05) is 53.5 Å². The first-order valence-electron chi connectivity index (χ1n) is 13.5. The molecule has 0 aliphatic carbocycles. The van der Waals surface area contributed by atoms with Crippen LogP contribution in [0.2, 0.25) is 10.0 Å². The van der Waals surface area contributed by atoms with E-state index in [0.717, 1.165) is 22.0 Å².